The molecule has 0 aliphatic carbocycles. The van der Waals surface area contributed by atoms with E-state index in [4.69, 9.17) is 23.2 Å². The van der Waals surface area contributed by atoms with Gasteiger partial charge < -0.3 is 4.90 Å². The molecule has 3 nitrogen and oxygen atoms in total. The number of alkyl halides is 1. The summed E-state index contributed by atoms with van der Waals surface area (Å²) in [6, 6.07) is 3.44. The maximum absolute atomic E-state index is 12.2. The summed E-state index contributed by atoms with van der Waals surface area (Å²) in [6.45, 7) is 2.87. The van der Waals surface area contributed by atoms with Crippen LogP contribution in [-0.2, 0) is 0 Å². The van der Waals surface area contributed by atoms with Crippen molar-refractivity contribution in [3.8, 4) is 0 Å². The fourth-order valence-corrected chi connectivity index (χ4v) is 2.73. The van der Waals surface area contributed by atoms with Crippen molar-refractivity contribution in [3.05, 3.63) is 29.0 Å². The Morgan fingerprint density at radius 3 is 2.94 bits per heavy atom. The second-order valence-electron chi connectivity index (χ2n) is 4.35. The summed E-state index contributed by atoms with van der Waals surface area (Å²) < 4.78 is 0. The standard InChI is InChI=1S/C12H14Cl2N2O/c1-8-4-5-16(11(8)6-13)12(17)10-3-2-9(14)7-15-10/h2-3,7-8,11H,4-6H2,1H3. The lowest BCUT2D eigenvalue weighted by atomic mass is 10.1. The predicted octanol–water partition coefficient (Wildman–Crippen LogP) is 2.82. The van der Waals surface area contributed by atoms with Gasteiger partial charge in [-0.25, -0.2) is 4.98 Å². The van der Waals surface area contributed by atoms with Crippen molar-refractivity contribution < 1.29 is 4.79 Å². The molecule has 1 aromatic rings. The first-order chi connectivity index (χ1) is 8.13. The zero-order valence-corrected chi connectivity index (χ0v) is 11.1. The van der Waals surface area contributed by atoms with Crippen molar-refractivity contribution >= 4 is 29.1 Å². The van der Waals surface area contributed by atoms with Crippen LogP contribution in [0.2, 0.25) is 5.02 Å². The number of pyridine rings is 1. The normalized spacial score (nSPS) is 24.1. The van der Waals surface area contributed by atoms with Gasteiger partial charge in [0.1, 0.15) is 5.69 Å². The first kappa shape index (κ1) is 12.7. The number of aromatic nitrogens is 1. The van der Waals surface area contributed by atoms with Crippen LogP contribution in [0.25, 0.3) is 0 Å². The van der Waals surface area contributed by atoms with Gasteiger partial charge in [-0.3, -0.25) is 4.79 Å². The van der Waals surface area contributed by atoms with Crippen LogP contribution >= 0.6 is 23.2 Å². The first-order valence-electron chi connectivity index (χ1n) is 5.62. The summed E-state index contributed by atoms with van der Waals surface area (Å²) in [7, 11) is 0. The maximum Gasteiger partial charge on any atom is 0.272 e. The molecule has 2 rings (SSSR count). The molecular formula is C12H14Cl2N2O. The molecule has 0 bridgehead atoms. The van der Waals surface area contributed by atoms with Crippen molar-refractivity contribution in [2.45, 2.75) is 19.4 Å². The Balaban J connectivity index is 2.17. The highest BCUT2D eigenvalue weighted by atomic mass is 35.5. The summed E-state index contributed by atoms with van der Waals surface area (Å²) in [5.41, 5.74) is 0.429. The number of amides is 1. The van der Waals surface area contributed by atoms with Gasteiger partial charge in [0.15, 0.2) is 0 Å². The Morgan fingerprint density at radius 2 is 2.35 bits per heavy atom. The minimum Gasteiger partial charge on any atom is -0.333 e. The molecule has 5 heteroatoms. The summed E-state index contributed by atoms with van der Waals surface area (Å²) in [6.07, 6.45) is 2.49. The van der Waals surface area contributed by atoms with Gasteiger partial charge in [0.05, 0.1) is 5.02 Å². The van der Waals surface area contributed by atoms with E-state index in [9.17, 15) is 4.79 Å². The fourth-order valence-electron chi connectivity index (χ4n) is 2.15. The van der Waals surface area contributed by atoms with Gasteiger partial charge in [0.25, 0.3) is 5.91 Å². The van der Waals surface area contributed by atoms with Crippen LogP contribution < -0.4 is 0 Å². The molecule has 1 aliphatic heterocycles. The van der Waals surface area contributed by atoms with E-state index in [1.807, 2.05) is 4.90 Å². The lowest BCUT2D eigenvalue weighted by molar-refractivity contribution is 0.0731. The van der Waals surface area contributed by atoms with Crippen molar-refractivity contribution in [2.75, 3.05) is 12.4 Å². The van der Waals surface area contributed by atoms with Crippen molar-refractivity contribution in [2.24, 2.45) is 5.92 Å². The van der Waals surface area contributed by atoms with Gasteiger partial charge in [-0.1, -0.05) is 18.5 Å². The molecule has 1 fully saturated rings. The molecule has 1 aromatic heterocycles. The molecule has 17 heavy (non-hydrogen) atoms. The van der Waals surface area contributed by atoms with E-state index in [0.29, 0.717) is 22.5 Å². The average Bonchev–Trinajstić information content (AvgIpc) is 2.70. The molecule has 0 spiro atoms. The number of carbonyl (C=O) groups excluding carboxylic acids is 1. The third-order valence-electron chi connectivity index (χ3n) is 3.25. The summed E-state index contributed by atoms with van der Waals surface area (Å²) in [5, 5.41) is 0.533. The largest absolute Gasteiger partial charge is 0.333 e. The number of hydrogen-bond donors (Lipinski definition) is 0. The quantitative estimate of drug-likeness (QED) is 0.776. The van der Waals surface area contributed by atoms with Gasteiger partial charge in [0.2, 0.25) is 0 Å². The first-order valence-corrected chi connectivity index (χ1v) is 6.53. The molecule has 0 saturated carbocycles. The van der Waals surface area contributed by atoms with Crippen molar-refractivity contribution in [1.29, 1.82) is 0 Å². The van der Waals surface area contributed by atoms with Gasteiger partial charge in [0, 0.05) is 24.7 Å². The lowest BCUT2D eigenvalue weighted by Gasteiger charge is -2.24. The summed E-state index contributed by atoms with van der Waals surface area (Å²) in [4.78, 5) is 18.1. The van der Waals surface area contributed by atoms with Gasteiger partial charge in [-0.05, 0) is 24.5 Å². The minimum absolute atomic E-state index is 0.0586. The highest BCUT2D eigenvalue weighted by Gasteiger charge is 2.34. The van der Waals surface area contributed by atoms with E-state index in [1.165, 1.54) is 6.20 Å². The lowest BCUT2D eigenvalue weighted by Crippen LogP contribution is -2.39. The summed E-state index contributed by atoms with van der Waals surface area (Å²) in [5.74, 6) is 0.862. The molecule has 2 heterocycles. The monoisotopic (exact) mass is 272 g/mol. The number of hydrogen-bond acceptors (Lipinski definition) is 2. The molecule has 0 radical (unpaired) electrons. The minimum atomic E-state index is -0.0586. The molecular weight excluding hydrogens is 259 g/mol. The van der Waals surface area contributed by atoms with E-state index in [1.54, 1.807) is 12.1 Å². The third-order valence-corrected chi connectivity index (χ3v) is 3.79. The van der Waals surface area contributed by atoms with Gasteiger partial charge in [-0.15, -0.1) is 11.6 Å². The second kappa shape index (κ2) is 5.23. The van der Waals surface area contributed by atoms with Crippen LogP contribution in [0.15, 0.2) is 18.3 Å². The number of nitrogens with zero attached hydrogens (tertiary/aromatic N) is 2. The second-order valence-corrected chi connectivity index (χ2v) is 5.09. The highest BCUT2D eigenvalue weighted by molar-refractivity contribution is 6.30. The van der Waals surface area contributed by atoms with E-state index in [0.717, 1.165) is 13.0 Å². The molecule has 0 N–H and O–H groups in total. The predicted molar refractivity (Wildman–Crippen MR) is 68.6 cm³/mol. The zero-order chi connectivity index (χ0) is 12.4. The average molecular weight is 273 g/mol. The number of rotatable bonds is 2. The molecule has 0 aromatic carbocycles. The third kappa shape index (κ3) is 2.55. The number of halogens is 2. The van der Waals surface area contributed by atoms with Crippen molar-refractivity contribution in [3.63, 3.8) is 0 Å². The Kier molecular flexibility index (Phi) is 3.89. The highest BCUT2D eigenvalue weighted by Crippen LogP contribution is 2.26. The van der Waals surface area contributed by atoms with Crippen LogP contribution in [0.3, 0.4) is 0 Å². The molecule has 2 atom stereocenters. The van der Waals surface area contributed by atoms with E-state index < -0.39 is 0 Å². The number of carbonyl (C=O) groups is 1. The van der Waals surface area contributed by atoms with Crippen LogP contribution in [0.1, 0.15) is 23.8 Å². The number of likely N-dealkylation sites (tertiary alicyclic amines) is 1. The van der Waals surface area contributed by atoms with E-state index >= 15 is 0 Å². The molecule has 1 aliphatic rings. The van der Waals surface area contributed by atoms with Crippen LogP contribution in [0.5, 0.6) is 0 Å². The van der Waals surface area contributed by atoms with Gasteiger partial charge in [-0.2, -0.15) is 0 Å². The van der Waals surface area contributed by atoms with Crippen molar-refractivity contribution in [1.82, 2.24) is 9.88 Å². The Morgan fingerprint density at radius 1 is 1.59 bits per heavy atom. The molecule has 1 saturated heterocycles. The Labute approximate surface area is 111 Å². The maximum atomic E-state index is 12.2. The summed E-state index contributed by atoms with van der Waals surface area (Å²) >= 11 is 11.7. The fraction of sp³-hybridized carbons (Fsp3) is 0.500. The topological polar surface area (TPSA) is 33.2 Å². The molecule has 2 unspecified atom stereocenters. The van der Waals surface area contributed by atoms with Crippen LogP contribution in [0, 0.1) is 5.92 Å². The Bertz CT molecular complexity index is 407. The SMILES string of the molecule is CC1CCN(C(=O)c2ccc(Cl)cn2)C1CCl. The molecule has 1 amide bonds. The Hall–Kier alpha value is -0.800. The van der Waals surface area contributed by atoms with Crippen LogP contribution in [-0.4, -0.2) is 34.3 Å². The van der Waals surface area contributed by atoms with Crippen LogP contribution in [0.4, 0.5) is 0 Å². The smallest absolute Gasteiger partial charge is 0.272 e. The zero-order valence-electron chi connectivity index (χ0n) is 9.57. The van der Waals surface area contributed by atoms with E-state index in [-0.39, 0.29) is 11.9 Å². The van der Waals surface area contributed by atoms with Gasteiger partial charge >= 0.3 is 0 Å². The van der Waals surface area contributed by atoms with E-state index in [2.05, 4.69) is 11.9 Å². The molecule has 92 valence electrons.